The lowest BCUT2D eigenvalue weighted by atomic mass is 10.2. The first-order chi connectivity index (χ1) is 8.70. The van der Waals surface area contributed by atoms with Gasteiger partial charge in [0.15, 0.2) is 5.65 Å². The van der Waals surface area contributed by atoms with Crippen molar-refractivity contribution in [3.05, 3.63) is 18.6 Å². The van der Waals surface area contributed by atoms with Gasteiger partial charge in [-0.3, -0.25) is 4.57 Å². The summed E-state index contributed by atoms with van der Waals surface area (Å²) in [4.78, 5) is 8.47. The Labute approximate surface area is 103 Å². The van der Waals surface area contributed by atoms with E-state index in [4.69, 9.17) is 16.2 Å². The smallest absolute Gasteiger partial charge is 0.164 e. The van der Waals surface area contributed by atoms with Crippen LogP contribution in [0.25, 0.3) is 11.2 Å². The zero-order valence-electron chi connectivity index (χ0n) is 9.73. The molecule has 0 aromatic carbocycles. The van der Waals surface area contributed by atoms with Crippen molar-refractivity contribution in [3.8, 4) is 0 Å². The van der Waals surface area contributed by atoms with Crippen LogP contribution in [0.4, 0.5) is 5.69 Å². The van der Waals surface area contributed by atoms with Crippen LogP contribution in [0.1, 0.15) is 12.6 Å². The van der Waals surface area contributed by atoms with E-state index < -0.39 is 6.10 Å². The van der Waals surface area contributed by atoms with Crippen LogP contribution in [0.2, 0.25) is 0 Å². The zero-order chi connectivity index (χ0) is 12.7. The molecule has 2 aromatic rings. The average Bonchev–Trinajstić information content (AvgIpc) is 2.93. The minimum atomic E-state index is -0.557. The predicted molar refractivity (Wildman–Crippen MR) is 65.5 cm³/mol. The van der Waals surface area contributed by atoms with E-state index in [1.807, 2.05) is 0 Å². The standard InChI is InChI=1S/C11H15N5O2/c12-4-8-7(17)3-9(18-8)16-5-15-10-6(13)1-2-14-11(10)16/h1-2,5,7-9,17H,3-4,12H2,(H2,13,14)/t7-,8+,9+/m0/s1. The molecule has 1 aliphatic heterocycles. The molecule has 3 atom stereocenters. The molecule has 0 radical (unpaired) electrons. The van der Waals surface area contributed by atoms with Crippen molar-refractivity contribution >= 4 is 16.9 Å². The SMILES string of the molecule is NC[C@H]1O[C@@H](n2cnc3c(N)ccnc32)C[C@@H]1O. The van der Waals surface area contributed by atoms with Crippen molar-refractivity contribution in [2.75, 3.05) is 12.3 Å². The molecule has 7 nitrogen and oxygen atoms in total. The molecule has 0 unspecified atom stereocenters. The molecule has 1 saturated heterocycles. The molecule has 3 rings (SSSR count). The molecule has 1 fully saturated rings. The number of hydrogen-bond donors (Lipinski definition) is 3. The van der Waals surface area contributed by atoms with Crippen LogP contribution in [0.5, 0.6) is 0 Å². The van der Waals surface area contributed by atoms with Gasteiger partial charge in [-0.15, -0.1) is 0 Å². The highest BCUT2D eigenvalue weighted by Crippen LogP contribution is 2.31. The minimum absolute atomic E-state index is 0.292. The normalized spacial score (nSPS) is 28.0. The Hall–Kier alpha value is -1.70. The number of aliphatic hydroxyl groups is 1. The van der Waals surface area contributed by atoms with E-state index in [-0.39, 0.29) is 12.3 Å². The molecule has 0 aliphatic carbocycles. The molecule has 5 N–H and O–H groups in total. The third-order valence-electron chi connectivity index (χ3n) is 3.24. The number of pyridine rings is 1. The average molecular weight is 249 g/mol. The molecular weight excluding hydrogens is 234 g/mol. The second-order valence-corrected chi connectivity index (χ2v) is 4.39. The molecule has 0 spiro atoms. The lowest BCUT2D eigenvalue weighted by Gasteiger charge is -2.13. The first-order valence-electron chi connectivity index (χ1n) is 5.81. The summed E-state index contributed by atoms with van der Waals surface area (Å²) < 4.78 is 7.46. The highest BCUT2D eigenvalue weighted by Gasteiger charge is 2.34. The number of nitrogen functional groups attached to an aromatic ring is 1. The van der Waals surface area contributed by atoms with Gasteiger partial charge in [0.1, 0.15) is 11.7 Å². The van der Waals surface area contributed by atoms with E-state index >= 15 is 0 Å². The summed E-state index contributed by atoms with van der Waals surface area (Å²) in [6.45, 7) is 0.292. The Morgan fingerprint density at radius 2 is 2.33 bits per heavy atom. The van der Waals surface area contributed by atoms with Crippen molar-refractivity contribution in [2.24, 2.45) is 5.73 Å². The molecule has 96 valence electrons. The predicted octanol–water partition coefficient (Wildman–Crippen LogP) is -0.379. The number of ether oxygens (including phenoxy) is 1. The van der Waals surface area contributed by atoms with E-state index in [9.17, 15) is 5.11 Å². The number of hydrogen-bond acceptors (Lipinski definition) is 6. The Kier molecular flexibility index (Phi) is 2.66. The van der Waals surface area contributed by atoms with Crippen molar-refractivity contribution in [2.45, 2.75) is 24.9 Å². The summed E-state index contributed by atoms with van der Waals surface area (Å²) in [7, 11) is 0. The van der Waals surface area contributed by atoms with Crippen LogP contribution < -0.4 is 11.5 Å². The Morgan fingerprint density at radius 3 is 3.06 bits per heavy atom. The van der Waals surface area contributed by atoms with E-state index in [0.717, 1.165) is 0 Å². The largest absolute Gasteiger partial charge is 0.397 e. The van der Waals surface area contributed by atoms with E-state index in [1.165, 1.54) is 0 Å². The van der Waals surface area contributed by atoms with Crippen LogP contribution in [-0.4, -0.2) is 38.4 Å². The summed E-state index contributed by atoms with van der Waals surface area (Å²) in [6, 6.07) is 1.70. The third kappa shape index (κ3) is 1.64. The van der Waals surface area contributed by atoms with Gasteiger partial charge in [0, 0.05) is 19.2 Å². The van der Waals surface area contributed by atoms with Crippen LogP contribution >= 0.6 is 0 Å². The van der Waals surface area contributed by atoms with E-state index in [1.54, 1.807) is 23.2 Å². The Bertz CT molecular complexity index is 570. The van der Waals surface area contributed by atoms with Gasteiger partial charge in [0.05, 0.1) is 24.2 Å². The first kappa shape index (κ1) is 11.4. The number of rotatable bonds is 2. The van der Waals surface area contributed by atoms with Crippen molar-refractivity contribution in [3.63, 3.8) is 0 Å². The van der Waals surface area contributed by atoms with Crippen LogP contribution in [-0.2, 0) is 4.74 Å². The van der Waals surface area contributed by atoms with Crippen molar-refractivity contribution < 1.29 is 9.84 Å². The van der Waals surface area contributed by atoms with Gasteiger partial charge in [-0.05, 0) is 6.07 Å². The lowest BCUT2D eigenvalue weighted by Crippen LogP contribution is -2.29. The quantitative estimate of drug-likeness (QED) is 0.669. The number of aromatic nitrogens is 3. The monoisotopic (exact) mass is 249 g/mol. The zero-order valence-corrected chi connectivity index (χ0v) is 9.73. The molecular formula is C11H15N5O2. The maximum atomic E-state index is 9.80. The summed E-state index contributed by atoms with van der Waals surface area (Å²) >= 11 is 0. The summed E-state index contributed by atoms with van der Waals surface area (Å²) in [5, 5.41) is 9.80. The van der Waals surface area contributed by atoms with E-state index in [0.29, 0.717) is 29.8 Å². The second-order valence-electron chi connectivity index (χ2n) is 4.39. The van der Waals surface area contributed by atoms with Crippen molar-refractivity contribution in [1.82, 2.24) is 14.5 Å². The fourth-order valence-electron chi connectivity index (χ4n) is 2.26. The summed E-state index contributed by atoms with van der Waals surface area (Å²) in [6.07, 6.45) is 2.54. The highest BCUT2D eigenvalue weighted by atomic mass is 16.5. The molecule has 0 saturated carbocycles. The van der Waals surface area contributed by atoms with Gasteiger partial charge in [-0.2, -0.15) is 0 Å². The second kappa shape index (κ2) is 4.20. The molecule has 0 bridgehead atoms. The summed E-state index contributed by atoms with van der Waals surface area (Å²) in [5.74, 6) is 0. The van der Waals surface area contributed by atoms with Gasteiger partial charge in [0.2, 0.25) is 0 Å². The molecule has 7 heteroatoms. The number of nitrogens with two attached hydrogens (primary N) is 2. The van der Waals surface area contributed by atoms with E-state index in [2.05, 4.69) is 9.97 Å². The third-order valence-corrected chi connectivity index (χ3v) is 3.24. The number of anilines is 1. The molecule has 3 heterocycles. The number of aliphatic hydroxyl groups excluding tert-OH is 1. The molecule has 0 amide bonds. The van der Waals surface area contributed by atoms with Crippen LogP contribution in [0.3, 0.4) is 0 Å². The number of imidazole rings is 1. The maximum Gasteiger partial charge on any atom is 0.164 e. The van der Waals surface area contributed by atoms with Crippen molar-refractivity contribution in [1.29, 1.82) is 0 Å². The Morgan fingerprint density at radius 1 is 1.50 bits per heavy atom. The van der Waals surface area contributed by atoms with Gasteiger partial charge in [0.25, 0.3) is 0 Å². The summed E-state index contributed by atoms with van der Waals surface area (Å²) in [5.41, 5.74) is 13.2. The van der Waals surface area contributed by atoms with Gasteiger partial charge in [-0.25, -0.2) is 9.97 Å². The maximum absolute atomic E-state index is 9.80. The topological polar surface area (TPSA) is 112 Å². The molecule has 1 aliphatic rings. The first-order valence-corrected chi connectivity index (χ1v) is 5.81. The number of fused-ring (bicyclic) bond motifs is 1. The fourth-order valence-corrected chi connectivity index (χ4v) is 2.26. The molecule has 18 heavy (non-hydrogen) atoms. The van der Waals surface area contributed by atoms with Crippen LogP contribution in [0.15, 0.2) is 18.6 Å². The Balaban J connectivity index is 1.99. The highest BCUT2D eigenvalue weighted by molar-refractivity contribution is 5.83. The van der Waals surface area contributed by atoms with Crippen LogP contribution in [0, 0.1) is 0 Å². The fraction of sp³-hybridized carbons (Fsp3) is 0.455. The van der Waals surface area contributed by atoms with Gasteiger partial charge < -0.3 is 21.3 Å². The number of nitrogens with zero attached hydrogens (tertiary/aromatic N) is 3. The lowest BCUT2D eigenvalue weighted by molar-refractivity contribution is -0.0115. The van der Waals surface area contributed by atoms with Gasteiger partial charge >= 0.3 is 0 Å². The minimum Gasteiger partial charge on any atom is -0.397 e. The molecule has 2 aromatic heterocycles. The van der Waals surface area contributed by atoms with Gasteiger partial charge in [-0.1, -0.05) is 0 Å².